The third-order valence-electron chi connectivity index (χ3n) is 4.77. The van der Waals surface area contributed by atoms with Gasteiger partial charge in [0.25, 0.3) is 0 Å². The summed E-state index contributed by atoms with van der Waals surface area (Å²) in [6.07, 6.45) is 5.68. The smallest absolute Gasteiger partial charge is 0.00385 e. The van der Waals surface area contributed by atoms with Gasteiger partial charge in [-0.05, 0) is 77.5 Å². The first-order valence-corrected chi connectivity index (χ1v) is 7.61. The molecule has 0 aliphatic carbocycles. The van der Waals surface area contributed by atoms with E-state index in [4.69, 9.17) is 0 Å². The first kappa shape index (κ1) is 15.9. The van der Waals surface area contributed by atoms with Crippen molar-refractivity contribution >= 4 is 0 Å². The van der Waals surface area contributed by atoms with Gasteiger partial charge in [-0.1, -0.05) is 6.92 Å². The van der Waals surface area contributed by atoms with Crippen LogP contribution in [0.25, 0.3) is 0 Å². The highest BCUT2D eigenvalue weighted by Crippen LogP contribution is 2.23. The number of rotatable bonds is 3. The van der Waals surface area contributed by atoms with E-state index in [1.54, 1.807) is 0 Å². The minimum atomic E-state index is 0. The van der Waals surface area contributed by atoms with Crippen LogP contribution in [0.2, 0.25) is 0 Å². The van der Waals surface area contributed by atoms with Crippen molar-refractivity contribution in [3.63, 3.8) is 0 Å². The maximum atomic E-state index is 2.72. The average molecular weight is 258 g/mol. The van der Waals surface area contributed by atoms with Gasteiger partial charge in [0, 0.05) is 12.6 Å². The van der Waals surface area contributed by atoms with E-state index < -0.39 is 0 Å². The van der Waals surface area contributed by atoms with E-state index in [1.807, 2.05) is 0 Å². The SMILES string of the molecule is CC1CCN(CC2CCN(C(C)C)CC2)CC1.F. The minimum Gasteiger partial charge on any atom is -0.303 e. The lowest BCUT2D eigenvalue weighted by molar-refractivity contribution is 0.106. The molecular formula is C15H31FN2. The molecule has 2 aliphatic rings. The molecule has 2 fully saturated rings. The van der Waals surface area contributed by atoms with Gasteiger partial charge < -0.3 is 9.80 Å². The number of hydrogen-bond donors (Lipinski definition) is 0. The van der Waals surface area contributed by atoms with Crippen LogP contribution in [-0.4, -0.2) is 48.6 Å². The average Bonchev–Trinajstić information content (AvgIpc) is 2.33. The molecule has 2 heterocycles. The molecule has 0 amide bonds. The van der Waals surface area contributed by atoms with Crippen LogP contribution < -0.4 is 0 Å². The summed E-state index contributed by atoms with van der Waals surface area (Å²) in [6, 6.07) is 0.742. The number of nitrogens with zero attached hydrogens (tertiary/aromatic N) is 2. The topological polar surface area (TPSA) is 6.48 Å². The minimum absolute atomic E-state index is 0. The van der Waals surface area contributed by atoms with Gasteiger partial charge in [-0.25, -0.2) is 0 Å². The number of piperidine rings is 2. The molecule has 18 heavy (non-hydrogen) atoms. The lowest BCUT2D eigenvalue weighted by Gasteiger charge is -2.38. The standard InChI is InChI=1S/C15H30N2.FH/c1-13(2)17-10-6-15(7-11-17)12-16-8-4-14(3)5-9-16;/h13-15H,4-12H2,1-3H3;1H. The van der Waals surface area contributed by atoms with Crippen molar-refractivity contribution in [3.8, 4) is 0 Å². The molecular weight excluding hydrogens is 227 g/mol. The molecule has 0 aromatic rings. The van der Waals surface area contributed by atoms with Gasteiger partial charge in [0.15, 0.2) is 0 Å². The van der Waals surface area contributed by atoms with Crippen LogP contribution in [0.1, 0.15) is 46.5 Å². The van der Waals surface area contributed by atoms with Crippen LogP contribution in [0.15, 0.2) is 0 Å². The Kier molecular flexibility index (Phi) is 6.58. The van der Waals surface area contributed by atoms with Gasteiger partial charge in [0.1, 0.15) is 0 Å². The van der Waals surface area contributed by atoms with E-state index in [0.29, 0.717) is 0 Å². The molecule has 0 unspecified atom stereocenters. The highest BCUT2D eigenvalue weighted by Gasteiger charge is 2.24. The van der Waals surface area contributed by atoms with Crippen molar-refractivity contribution in [2.75, 3.05) is 32.7 Å². The molecule has 2 rings (SSSR count). The highest BCUT2D eigenvalue weighted by molar-refractivity contribution is 4.78. The molecule has 0 aromatic heterocycles. The van der Waals surface area contributed by atoms with E-state index >= 15 is 0 Å². The molecule has 0 radical (unpaired) electrons. The fraction of sp³-hybridized carbons (Fsp3) is 1.00. The first-order chi connectivity index (χ1) is 8.15. The van der Waals surface area contributed by atoms with E-state index in [9.17, 15) is 0 Å². The Morgan fingerprint density at radius 2 is 1.50 bits per heavy atom. The molecule has 2 aliphatic heterocycles. The van der Waals surface area contributed by atoms with Crippen LogP contribution in [0.5, 0.6) is 0 Å². The molecule has 0 atom stereocenters. The zero-order chi connectivity index (χ0) is 12.3. The fourth-order valence-electron chi connectivity index (χ4n) is 3.26. The predicted molar refractivity (Wildman–Crippen MR) is 76.8 cm³/mol. The Morgan fingerprint density at radius 1 is 0.944 bits per heavy atom. The molecule has 3 heteroatoms. The summed E-state index contributed by atoms with van der Waals surface area (Å²) in [5.41, 5.74) is 0. The maximum absolute atomic E-state index is 2.72. The van der Waals surface area contributed by atoms with Crippen molar-refractivity contribution in [1.29, 1.82) is 0 Å². The fourth-order valence-corrected chi connectivity index (χ4v) is 3.26. The summed E-state index contributed by atoms with van der Waals surface area (Å²) < 4.78 is 0. The maximum Gasteiger partial charge on any atom is 0.00385 e. The molecule has 0 N–H and O–H groups in total. The second kappa shape index (κ2) is 7.44. The largest absolute Gasteiger partial charge is 0.303 e. The monoisotopic (exact) mass is 258 g/mol. The van der Waals surface area contributed by atoms with Crippen molar-refractivity contribution in [3.05, 3.63) is 0 Å². The van der Waals surface area contributed by atoms with E-state index in [-0.39, 0.29) is 4.70 Å². The molecule has 0 saturated carbocycles. The van der Waals surface area contributed by atoms with Gasteiger partial charge in [-0.3, -0.25) is 4.70 Å². The van der Waals surface area contributed by atoms with Gasteiger partial charge in [-0.15, -0.1) is 0 Å². The van der Waals surface area contributed by atoms with Crippen molar-refractivity contribution in [2.45, 2.75) is 52.5 Å². The third kappa shape index (κ3) is 4.51. The third-order valence-corrected chi connectivity index (χ3v) is 4.77. The summed E-state index contributed by atoms with van der Waals surface area (Å²) in [4.78, 5) is 5.35. The Bertz CT molecular complexity index is 217. The zero-order valence-corrected chi connectivity index (χ0v) is 12.4. The Balaban J connectivity index is 0.00000162. The summed E-state index contributed by atoms with van der Waals surface area (Å²) in [6.45, 7) is 13.8. The lowest BCUT2D eigenvalue weighted by atomic mass is 9.93. The van der Waals surface area contributed by atoms with Gasteiger partial charge >= 0.3 is 0 Å². The Morgan fingerprint density at radius 3 is 2.00 bits per heavy atom. The second-order valence-electron chi connectivity index (χ2n) is 6.56. The quantitative estimate of drug-likeness (QED) is 0.768. The van der Waals surface area contributed by atoms with Crippen molar-refractivity contribution in [1.82, 2.24) is 9.80 Å². The summed E-state index contributed by atoms with van der Waals surface area (Å²) in [7, 11) is 0. The van der Waals surface area contributed by atoms with E-state index in [0.717, 1.165) is 17.9 Å². The molecule has 2 nitrogen and oxygen atoms in total. The molecule has 2 saturated heterocycles. The predicted octanol–water partition coefficient (Wildman–Crippen LogP) is 2.99. The van der Waals surface area contributed by atoms with E-state index in [1.165, 1.54) is 58.4 Å². The summed E-state index contributed by atoms with van der Waals surface area (Å²) in [5.74, 6) is 1.94. The summed E-state index contributed by atoms with van der Waals surface area (Å²) >= 11 is 0. The van der Waals surface area contributed by atoms with Crippen LogP contribution >= 0.6 is 0 Å². The molecule has 0 spiro atoms. The van der Waals surface area contributed by atoms with Crippen molar-refractivity contribution < 1.29 is 4.70 Å². The normalized spacial score (nSPS) is 25.3. The summed E-state index contributed by atoms with van der Waals surface area (Å²) in [5, 5.41) is 0. The van der Waals surface area contributed by atoms with Gasteiger partial charge in [0.2, 0.25) is 0 Å². The zero-order valence-electron chi connectivity index (χ0n) is 12.4. The Hall–Kier alpha value is -0.150. The van der Waals surface area contributed by atoms with Gasteiger partial charge in [-0.2, -0.15) is 0 Å². The van der Waals surface area contributed by atoms with E-state index in [2.05, 4.69) is 30.6 Å². The van der Waals surface area contributed by atoms with Crippen LogP contribution in [-0.2, 0) is 0 Å². The van der Waals surface area contributed by atoms with Crippen LogP contribution in [0.4, 0.5) is 4.70 Å². The number of hydrogen-bond acceptors (Lipinski definition) is 2. The number of halogens is 1. The molecule has 0 bridgehead atoms. The van der Waals surface area contributed by atoms with Crippen LogP contribution in [0.3, 0.4) is 0 Å². The second-order valence-corrected chi connectivity index (χ2v) is 6.56. The Labute approximate surface area is 112 Å². The van der Waals surface area contributed by atoms with Crippen molar-refractivity contribution in [2.24, 2.45) is 11.8 Å². The van der Waals surface area contributed by atoms with Crippen LogP contribution in [0, 0.1) is 11.8 Å². The molecule has 108 valence electrons. The molecule has 0 aromatic carbocycles. The highest BCUT2D eigenvalue weighted by atomic mass is 19.0. The van der Waals surface area contributed by atoms with Gasteiger partial charge in [0.05, 0.1) is 0 Å². The number of likely N-dealkylation sites (tertiary alicyclic amines) is 2. The lowest BCUT2D eigenvalue weighted by Crippen LogP contribution is -2.43. The first-order valence-electron chi connectivity index (χ1n) is 7.61.